The van der Waals surface area contributed by atoms with Gasteiger partial charge in [-0.25, -0.2) is 4.68 Å². The maximum absolute atomic E-state index is 13.1. The molecule has 1 saturated carbocycles. The number of alkyl halides is 6. The first-order valence-electron chi connectivity index (χ1n) is 8.86. The zero-order chi connectivity index (χ0) is 21.0. The molecule has 0 aliphatic heterocycles. The molecule has 1 heterocycles. The number of carbonyl (C=O) groups excluding carboxylic acids is 1. The van der Waals surface area contributed by atoms with Crippen LogP contribution in [0.2, 0.25) is 0 Å². The maximum Gasteiger partial charge on any atom is 0.435 e. The Kier molecular flexibility index (Phi) is 4.47. The van der Waals surface area contributed by atoms with E-state index < -0.39 is 23.7 Å². The van der Waals surface area contributed by atoms with Gasteiger partial charge in [-0.3, -0.25) is 4.79 Å². The number of nitrogens with zero attached hydrogens (tertiary/aromatic N) is 2. The molecule has 3 atom stereocenters. The average Bonchev–Trinajstić information content (AvgIpc) is 3.36. The fourth-order valence-corrected chi connectivity index (χ4v) is 3.92. The lowest BCUT2D eigenvalue weighted by atomic mass is 9.93. The fourth-order valence-electron chi connectivity index (χ4n) is 3.92. The summed E-state index contributed by atoms with van der Waals surface area (Å²) in [6.45, 7) is 0. The van der Waals surface area contributed by atoms with Gasteiger partial charge < -0.3 is 5.32 Å². The molecule has 1 N–H and O–H groups in total. The summed E-state index contributed by atoms with van der Waals surface area (Å²) in [4.78, 5) is 12.4. The summed E-state index contributed by atoms with van der Waals surface area (Å²) >= 11 is 0. The van der Waals surface area contributed by atoms with Crippen LogP contribution in [0.3, 0.4) is 0 Å². The molecule has 2 aliphatic rings. The van der Waals surface area contributed by atoms with Gasteiger partial charge in [-0.15, -0.1) is 0 Å². The van der Waals surface area contributed by atoms with Crippen molar-refractivity contribution in [3.05, 3.63) is 53.9 Å². The molecular weight excluding hydrogens is 400 g/mol. The number of benzene rings is 1. The van der Waals surface area contributed by atoms with Gasteiger partial charge in [-0.1, -0.05) is 12.2 Å². The van der Waals surface area contributed by atoms with Crippen molar-refractivity contribution in [2.45, 2.75) is 25.2 Å². The Hall–Kier alpha value is -2.78. The Balaban J connectivity index is 1.56. The van der Waals surface area contributed by atoms with Crippen LogP contribution in [0.5, 0.6) is 0 Å². The summed E-state index contributed by atoms with van der Waals surface area (Å²) in [5, 5.41) is 5.79. The molecule has 1 amide bonds. The molecule has 1 aromatic carbocycles. The van der Waals surface area contributed by atoms with Crippen LogP contribution in [0.4, 0.5) is 32.0 Å². The zero-order valence-electron chi connectivity index (χ0n) is 14.8. The summed E-state index contributed by atoms with van der Waals surface area (Å²) in [5.41, 5.74) is -3.02. The van der Waals surface area contributed by atoms with E-state index in [1.807, 2.05) is 6.08 Å². The van der Waals surface area contributed by atoms with Crippen LogP contribution >= 0.6 is 0 Å². The highest BCUT2D eigenvalue weighted by molar-refractivity contribution is 5.93. The SMILES string of the molecule is O=C(Nc1ccc(-n2nc(C(F)(F)F)cc2C(F)(F)F)cc1)C1CC2C=CC1C2. The summed E-state index contributed by atoms with van der Waals surface area (Å²) in [5.74, 6) is 0.269. The Morgan fingerprint density at radius 2 is 1.69 bits per heavy atom. The number of carbonyl (C=O) groups is 1. The van der Waals surface area contributed by atoms with E-state index in [0.717, 1.165) is 12.8 Å². The minimum Gasteiger partial charge on any atom is -0.326 e. The maximum atomic E-state index is 13.1. The van der Waals surface area contributed by atoms with Crippen LogP contribution in [0.25, 0.3) is 5.69 Å². The monoisotopic (exact) mass is 415 g/mol. The molecule has 0 saturated heterocycles. The Morgan fingerprint density at radius 1 is 1.00 bits per heavy atom. The number of fused-ring (bicyclic) bond motifs is 2. The van der Waals surface area contributed by atoms with Crippen LogP contribution in [-0.4, -0.2) is 15.7 Å². The number of halogens is 6. The number of hydrogen-bond acceptors (Lipinski definition) is 2. The number of amides is 1. The van der Waals surface area contributed by atoms with Gasteiger partial charge in [0.1, 0.15) is 5.69 Å². The average molecular weight is 415 g/mol. The van der Waals surface area contributed by atoms with E-state index in [2.05, 4.69) is 16.5 Å². The van der Waals surface area contributed by atoms with Crippen molar-refractivity contribution in [1.82, 2.24) is 9.78 Å². The van der Waals surface area contributed by atoms with E-state index in [1.54, 1.807) is 0 Å². The second-order valence-corrected chi connectivity index (χ2v) is 7.24. The molecule has 10 heteroatoms. The van der Waals surface area contributed by atoms with Gasteiger partial charge in [-0.2, -0.15) is 31.4 Å². The van der Waals surface area contributed by atoms with Crippen molar-refractivity contribution in [3.63, 3.8) is 0 Å². The van der Waals surface area contributed by atoms with Crippen molar-refractivity contribution in [3.8, 4) is 5.69 Å². The zero-order valence-corrected chi connectivity index (χ0v) is 14.8. The largest absolute Gasteiger partial charge is 0.435 e. The van der Waals surface area contributed by atoms with Gasteiger partial charge in [0.05, 0.1) is 5.69 Å². The molecule has 154 valence electrons. The minimum atomic E-state index is -5.02. The van der Waals surface area contributed by atoms with Crippen molar-refractivity contribution in [1.29, 1.82) is 0 Å². The molecule has 2 bridgehead atoms. The van der Waals surface area contributed by atoms with Gasteiger partial charge in [0, 0.05) is 17.7 Å². The lowest BCUT2D eigenvalue weighted by molar-refractivity contribution is -0.143. The molecule has 0 radical (unpaired) electrons. The van der Waals surface area contributed by atoms with E-state index >= 15 is 0 Å². The molecule has 1 aromatic heterocycles. The first-order valence-corrected chi connectivity index (χ1v) is 8.86. The number of allylic oxidation sites excluding steroid dienone is 2. The molecular formula is C19H15F6N3O. The third-order valence-corrected chi connectivity index (χ3v) is 5.29. The molecule has 4 nitrogen and oxygen atoms in total. The Morgan fingerprint density at radius 3 is 2.21 bits per heavy atom. The number of anilines is 1. The highest BCUT2D eigenvalue weighted by Gasteiger charge is 2.42. The van der Waals surface area contributed by atoms with Crippen LogP contribution in [0, 0.1) is 17.8 Å². The molecule has 2 aliphatic carbocycles. The predicted molar refractivity (Wildman–Crippen MR) is 91.0 cm³/mol. The molecule has 2 aromatic rings. The lowest BCUT2D eigenvalue weighted by Crippen LogP contribution is -2.25. The van der Waals surface area contributed by atoms with Gasteiger partial charge in [0.2, 0.25) is 5.91 Å². The highest BCUT2D eigenvalue weighted by Crippen LogP contribution is 2.44. The van der Waals surface area contributed by atoms with E-state index in [4.69, 9.17) is 0 Å². The van der Waals surface area contributed by atoms with E-state index in [9.17, 15) is 31.1 Å². The predicted octanol–water partition coefficient (Wildman–Crippen LogP) is 5.06. The molecule has 0 spiro atoms. The second kappa shape index (κ2) is 6.64. The van der Waals surface area contributed by atoms with Crippen molar-refractivity contribution in [2.75, 3.05) is 5.32 Å². The van der Waals surface area contributed by atoms with E-state index in [-0.39, 0.29) is 34.2 Å². The third-order valence-electron chi connectivity index (χ3n) is 5.29. The normalized spacial score (nSPS) is 23.6. The summed E-state index contributed by atoms with van der Waals surface area (Å²) in [7, 11) is 0. The molecule has 4 rings (SSSR count). The van der Waals surface area contributed by atoms with Gasteiger partial charge in [-0.05, 0) is 48.9 Å². The number of hydrogen-bond donors (Lipinski definition) is 1. The van der Waals surface area contributed by atoms with E-state index in [0.29, 0.717) is 11.6 Å². The quantitative estimate of drug-likeness (QED) is 0.563. The Labute approximate surface area is 161 Å². The van der Waals surface area contributed by atoms with Gasteiger partial charge >= 0.3 is 12.4 Å². The van der Waals surface area contributed by atoms with Crippen LogP contribution in [0.15, 0.2) is 42.5 Å². The second-order valence-electron chi connectivity index (χ2n) is 7.24. The molecule has 29 heavy (non-hydrogen) atoms. The minimum absolute atomic E-state index is 0.0294. The fraction of sp³-hybridized carbons (Fsp3) is 0.368. The van der Waals surface area contributed by atoms with Crippen molar-refractivity contribution >= 4 is 11.6 Å². The van der Waals surface area contributed by atoms with Gasteiger partial charge in [0.15, 0.2) is 5.69 Å². The van der Waals surface area contributed by atoms with E-state index in [1.165, 1.54) is 24.3 Å². The first-order chi connectivity index (χ1) is 13.5. The number of rotatable bonds is 3. The third kappa shape index (κ3) is 3.75. The molecule has 3 unspecified atom stereocenters. The van der Waals surface area contributed by atoms with Crippen molar-refractivity contribution in [2.24, 2.45) is 17.8 Å². The summed E-state index contributed by atoms with van der Waals surface area (Å²) in [6, 6.07) is 5.01. The summed E-state index contributed by atoms with van der Waals surface area (Å²) in [6.07, 6.45) is -4.20. The van der Waals surface area contributed by atoms with Crippen molar-refractivity contribution < 1.29 is 31.1 Å². The van der Waals surface area contributed by atoms with Crippen LogP contribution in [-0.2, 0) is 17.1 Å². The molecule has 1 fully saturated rings. The first kappa shape index (κ1) is 19.5. The number of nitrogens with one attached hydrogen (secondary N) is 1. The van der Waals surface area contributed by atoms with Crippen LogP contribution in [0.1, 0.15) is 24.2 Å². The summed E-state index contributed by atoms with van der Waals surface area (Å²) < 4.78 is 78.1. The highest BCUT2D eigenvalue weighted by atomic mass is 19.4. The topological polar surface area (TPSA) is 46.9 Å². The smallest absolute Gasteiger partial charge is 0.326 e. The van der Waals surface area contributed by atoms with Crippen LogP contribution < -0.4 is 5.32 Å². The standard InChI is InChI=1S/C19H15F6N3O/c20-18(21,22)15-9-16(19(23,24)25)28(27-15)13-5-3-12(4-6-13)26-17(29)14-8-10-1-2-11(14)7-10/h1-6,9-11,14H,7-8H2,(H,26,29). The number of aromatic nitrogens is 2. The van der Waals surface area contributed by atoms with Gasteiger partial charge in [0.25, 0.3) is 0 Å². The Bertz CT molecular complexity index is 958. The lowest BCUT2D eigenvalue weighted by Gasteiger charge is -2.17.